The molecule has 1 aromatic heterocycles. The van der Waals surface area contributed by atoms with Gasteiger partial charge in [-0.2, -0.15) is 0 Å². The third-order valence-electron chi connectivity index (χ3n) is 2.42. The number of rotatable bonds is 3. The van der Waals surface area contributed by atoms with Crippen molar-refractivity contribution >= 4 is 5.82 Å². The van der Waals surface area contributed by atoms with Crippen LogP contribution in [0.25, 0.3) is 0 Å². The van der Waals surface area contributed by atoms with Crippen molar-refractivity contribution in [2.45, 2.75) is 53.5 Å². The minimum atomic E-state index is 0.314. The monoisotopic (exact) mass is 210 g/mol. The summed E-state index contributed by atoms with van der Waals surface area (Å²) in [7, 11) is 0. The topological polar surface area (TPSA) is 56.7 Å². The summed E-state index contributed by atoms with van der Waals surface area (Å²) in [6.07, 6.45) is 1.08. The molecule has 15 heavy (non-hydrogen) atoms. The zero-order valence-electron chi connectivity index (χ0n) is 10.4. The molecule has 0 aliphatic rings. The van der Waals surface area contributed by atoms with Crippen molar-refractivity contribution in [1.82, 2.24) is 15.0 Å². The predicted molar refractivity (Wildman–Crippen MR) is 62.6 cm³/mol. The van der Waals surface area contributed by atoms with Gasteiger partial charge in [-0.15, -0.1) is 5.10 Å². The molecule has 0 amide bonds. The molecule has 4 heteroatoms. The molecule has 0 saturated heterocycles. The molecule has 0 aliphatic carbocycles. The van der Waals surface area contributed by atoms with Gasteiger partial charge in [-0.3, -0.25) is 0 Å². The third-order valence-corrected chi connectivity index (χ3v) is 2.42. The van der Waals surface area contributed by atoms with Crippen molar-refractivity contribution in [2.75, 3.05) is 5.73 Å². The Kier molecular flexibility index (Phi) is 3.37. The SMILES string of the molecule is CC(C)c1c(N)nnn1CCC(C)(C)C. The highest BCUT2D eigenvalue weighted by Gasteiger charge is 2.16. The normalized spacial score (nSPS) is 12.4. The summed E-state index contributed by atoms with van der Waals surface area (Å²) in [6.45, 7) is 11.8. The number of nitrogen functional groups attached to an aromatic ring is 1. The highest BCUT2D eigenvalue weighted by molar-refractivity contribution is 5.35. The molecular weight excluding hydrogens is 188 g/mol. The van der Waals surface area contributed by atoms with Gasteiger partial charge in [0.15, 0.2) is 5.82 Å². The number of hydrogen-bond donors (Lipinski definition) is 1. The maximum absolute atomic E-state index is 5.79. The van der Waals surface area contributed by atoms with E-state index >= 15 is 0 Å². The van der Waals surface area contributed by atoms with Crippen LogP contribution in [0.3, 0.4) is 0 Å². The average molecular weight is 210 g/mol. The summed E-state index contributed by atoms with van der Waals surface area (Å²) in [5.74, 6) is 0.943. The molecule has 0 atom stereocenters. The van der Waals surface area contributed by atoms with Crippen molar-refractivity contribution in [3.8, 4) is 0 Å². The van der Waals surface area contributed by atoms with E-state index in [1.54, 1.807) is 0 Å². The minimum absolute atomic E-state index is 0.314. The number of aromatic nitrogens is 3. The second-order valence-electron chi connectivity index (χ2n) is 5.55. The fourth-order valence-electron chi connectivity index (χ4n) is 1.53. The van der Waals surface area contributed by atoms with Crippen LogP contribution in [0.15, 0.2) is 0 Å². The molecule has 2 N–H and O–H groups in total. The van der Waals surface area contributed by atoms with Crippen molar-refractivity contribution in [3.63, 3.8) is 0 Å². The lowest BCUT2D eigenvalue weighted by Gasteiger charge is -2.18. The lowest BCUT2D eigenvalue weighted by molar-refractivity contribution is 0.334. The first-order chi connectivity index (χ1) is 6.81. The lowest BCUT2D eigenvalue weighted by Crippen LogP contribution is -2.14. The fourth-order valence-corrected chi connectivity index (χ4v) is 1.53. The molecule has 0 aliphatic heterocycles. The highest BCUT2D eigenvalue weighted by atomic mass is 15.4. The Morgan fingerprint density at radius 1 is 1.33 bits per heavy atom. The number of nitrogens with two attached hydrogens (primary N) is 1. The minimum Gasteiger partial charge on any atom is -0.381 e. The summed E-state index contributed by atoms with van der Waals surface area (Å²) < 4.78 is 1.94. The Hall–Kier alpha value is -1.06. The first kappa shape index (κ1) is 12.0. The molecule has 0 spiro atoms. The zero-order chi connectivity index (χ0) is 11.6. The van der Waals surface area contributed by atoms with Crippen LogP contribution >= 0.6 is 0 Å². The van der Waals surface area contributed by atoms with E-state index < -0.39 is 0 Å². The Labute approximate surface area is 91.9 Å². The number of anilines is 1. The van der Waals surface area contributed by atoms with Gasteiger partial charge in [-0.05, 0) is 17.8 Å². The van der Waals surface area contributed by atoms with Crippen LogP contribution < -0.4 is 5.73 Å². The second-order valence-corrected chi connectivity index (χ2v) is 5.55. The van der Waals surface area contributed by atoms with E-state index in [1.807, 2.05) is 4.68 Å². The van der Waals surface area contributed by atoms with Gasteiger partial charge in [0.1, 0.15) is 0 Å². The first-order valence-corrected chi connectivity index (χ1v) is 5.50. The lowest BCUT2D eigenvalue weighted by atomic mass is 9.92. The fraction of sp³-hybridized carbons (Fsp3) is 0.818. The van der Waals surface area contributed by atoms with E-state index in [9.17, 15) is 0 Å². The highest BCUT2D eigenvalue weighted by Crippen LogP contribution is 2.23. The Balaban J connectivity index is 2.78. The van der Waals surface area contributed by atoms with E-state index in [0.29, 0.717) is 17.2 Å². The van der Waals surface area contributed by atoms with Gasteiger partial charge < -0.3 is 5.73 Å². The van der Waals surface area contributed by atoms with Crippen LogP contribution in [0.2, 0.25) is 0 Å². The molecule has 0 unspecified atom stereocenters. The zero-order valence-corrected chi connectivity index (χ0v) is 10.4. The molecule has 4 nitrogen and oxygen atoms in total. The van der Waals surface area contributed by atoms with E-state index in [0.717, 1.165) is 18.7 Å². The van der Waals surface area contributed by atoms with Crippen molar-refractivity contribution < 1.29 is 0 Å². The quantitative estimate of drug-likeness (QED) is 0.833. The molecule has 0 saturated carbocycles. The Bertz CT molecular complexity index is 320. The molecule has 1 rings (SSSR count). The van der Waals surface area contributed by atoms with Gasteiger partial charge in [0, 0.05) is 6.54 Å². The predicted octanol–water partition coefficient (Wildman–Crippen LogP) is 2.42. The molecular formula is C11H22N4. The molecule has 0 bridgehead atoms. The number of hydrogen-bond acceptors (Lipinski definition) is 3. The second kappa shape index (κ2) is 4.21. The van der Waals surface area contributed by atoms with Gasteiger partial charge in [0.2, 0.25) is 0 Å². The molecule has 1 aromatic rings. The molecule has 0 radical (unpaired) electrons. The maximum Gasteiger partial charge on any atom is 0.169 e. The van der Waals surface area contributed by atoms with E-state index in [4.69, 9.17) is 5.73 Å². The van der Waals surface area contributed by atoms with Crippen LogP contribution in [0.5, 0.6) is 0 Å². The van der Waals surface area contributed by atoms with E-state index in [1.165, 1.54) is 0 Å². The van der Waals surface area contributed by atoms with Crippen LogP contribution in [0, 0.1) is 5.41 Å². The Morgan fingerprint density at radius 3 is 2.40 bits per heavy atom. The maximum atomic E-state index is 5.79. The number of aryl methyl sites for hydroxylation is 1. The van der Waals surface area contributed by atoms with Crippen LogP contribution in [0.4, 0.5) is 5.82 Å². The average Bonchev–Trinajstić information content (AvgIpc) is 2.42. The summed E-state index contributed by atoms with van der Waals surface area (Å²) in [5.41, 5.74) is 7.16. The van der Waals surface area contributed by atoms with Crippen LogP contribution in [-0.4, -0.2) is 15.0 Å². The van der Waals surface area contributed by atoms with E-state index in [2.05, 4.69) is 44.9 Å². The van der Waals surface area contributed by atoms with Gasteiger partial charge in [0.25, 0.3) is 0 Å². The molecule has 0 aromatic carbocycles. The Morgan fingerprint density at radius 2 is 1.93 bits per heavy atom. The van der Waals surface area contributed by atoms with Crippen LogP contribution in [0.1, 0.15) is 52.7 Å². The van der Waals surface area contributed by atoms with Gasteiger partial charge in [0.05, 0.1) is 5.69 Å². The first-order valence-electron chi connectivity index (χ1n) is 5.50. The number of nitrogens with zero attached hydrogens (tertiary/aromatic N) is 3. The largest absolute Gasteiger partial charge is 0.381 e. The smallest absolute Gasteiger partial charge is 0.169 e. The van der Waals surface area contributed by atoms with Crippen molar-refractivity contribution in [2.24, 2.45) is 5.41 Å². The molecule has 1 heterocycles. The summed E-state index contributed by atoms with van der Waals surface area (Å²) >= 11 is 0. The third kappa shape index (κ3) is 3.22. The summed E-state index contributed by atoms with van der Waals surface area (Å²) in [4.78, 5) is 0. The van der Waals surface area contributed by atoms with Gasteiger partial charge in [-0.25, -0.2) is 4.68 Å². The summed E-state index contributed by atoms with van der Waals surface area (Å²) in [6, 6.07) is 0. The molecule has 0 fully saturated rings. The standard InChI is InChI=1S/C11H22N4/c1-8(2)9-10(12)13-14-15(9)7-6-11(3,4)5/h8H,6-7,12H2,1-5H3. The van der Waals surface area contributed by atoms with E-state index in [-0.39, 0.29) is 0 Å². The van der Waals surface area contributed by atoms with Crippen molar-refractivity contribution in [1.29, 1.82) is 0 Å². The van der Waals surface area contributed by atoms with Gasteiger partial charge in [-0.1, -0.05) is 39.8 Å². The van der Waals surface area contributed by atoms with Crippen LogP contribution in [-0.2, 0) is 6.54 Å². The van der Waals surface area contributed by atoms with Gasteiger partial charge >= 0.3 is 0 Å². The van der Waals surface area contributed by atoms with Crippen molar-refractivity contribution in [3.05, 3.63) is 5.69 Å². The molecule has 86 valence electrons. The summed E-state index contributed by atoms with van der Waals surface area (Å²) in [5, 5.41) is 8.01.